The van der Waals surface area contributed by atoms with E-state index in [-0.39, 0.29) is 23.8 Å². The number of hydrogen-bond donors (Lipinski definition) is 1. The molecule has 0 radical (unpaired) electrons. The third-order valence-electron chi connectivity index (χ3n) is 6.69. The van der Waals surface area contributed by atoms with Gasteiger partial charge in [-0.15, -0.1) is 0 Å². The zero-order valence-electron chi connectivity index (χ0n) is 19.9. The lowest BCUT2D eigenvalue weighted by molar-refractivity contribution is 0.0920. The van der Waals surface area contributed by atoms with Crippen LogP contribution in [0.3, 0.4) is 0 Å². The predicted octanol–water partition coefficient (Wildman–Crippen LogP) is 6.46. The second-order valence-corrected chi connectivity index (χ2v) is 10.8. The van der Waals surface area contributed by atoms with E-state index in [4.69, 9.17) is 16.6 Å². The van der Waals surface area contributed by atoms with Crippen molar-refractivity contribution in [2.75, 3.05) is 0 Å². The van der Waals surface area contributed by atoms with Crippen LogP contribution in [-0.4, -0.2) is 36.5 Å². The van der Waals surface area contributed by atoms with Gasteiger partial charge in [-0.2, -0.15) is 0 Å². The fourth-order valence-corrected chi connectivity index (χ4v) is 5.84. The molecule has 0 saturated heterocycles. The molecule has 1 amide bonds. The number of amides is 1. The first kappa shape index (κ1) is 24.6. The van der Waals surface area contributed by atoms with E-state index in [9.17, 15) is 13.6 Å². The zero-order chi connectivity index (χ0) is 26.2. The Morgan fingerprint density at radius 2 is 1.89 bits per heavy atom. The van der Waals surface area contributed by atoms with Gasteiger partial charge in [0.05, 0.1) is 34.9 Å². The zero-order valence-corrected chi connectivity index (χ0v) is 21.5. The first-order chi connectivity index (χ1) is 18.5. The van der Waals surface area contributed by atoms with Gasteiger partial charge in [-0.3, -0.25) is 14.8 Å². The van der Waals surface area contributed by atoms with Crippen LogP contribution in [-0.2, 0) is 0 Å². The molecular weight excluding hydrogens is 530 g/mol. The quantitative estimate of drug-likeness (QED) is 0.271. The highest BCUT2D eigenvalue weighted by atomic mass is 35.5. The van der Waals surface area contributed by atoms with E-state index in [1.807, 2.05) is 10.6 Å². The molecule has 0 spiro atoms. The van der Waals surface area contributed by atoms with Crippen LogP contribution in [0.5, 0.6) is 0 Å². The fraction of sp³-hybridized carbons (Fsp3) is 0.222. The summed E-state index contributed by atoms with van der Waals surface area (Å²) in [4.78, 5) is 30.3. The molecule has 1 aromatic carbocycles. The number of benzene rings is 1. The number of thiazole rings is 1. The highest BCUT2D eigenvalue weighted by Crippen LogP contribution is 2.37. The van der Waals surface area contributed by atoms with Gasteiger partial charge in [0.25, 0.3) is 5.91 Å². The summed E-state index contributed by atoms with van der Waals surface area (Å²) in [5, 5.41) is 3.40. The van der Waals surface area contributed by atoms with Gasteiger partial charge in [-0.05, 0) is 49.9 Å². The molecule has 192 valence electrons. The number of nitrogens with one attached hydrogen (secondary N) is 1. The number of rotatable bonds is 5. The molecule has 1 N–H and O–H groups in total. The number of hydrogen-bond acceptors (Lipinski definition) is 6. The van der Waals surface area contributed by atoms with Crippen molar-refractivity contribution in [3.63, 3.8) is 0 Å². The lowest BCUT2D eigenvalue weighted by Gasteiger charge is -2.32. The van der Waals surface area contributed by atoms with Gasteiger partial charge in [0, 0.05) is 24.3 Å². The van der Waals surface area contributed by atoms with E-state index < -0.39 is 5.82 Å². The summed E-state index contributed by atoms with van der Waals surface area (Å²) < 4.78 is 31.4. The fourth-order valence-electron chi connectivity index (χ4n) is 5.02. The molecule has 6 rings (SSSR count). The Hall–Kier alpha value is -3.76. The van der Waals surface area contributed by atoms with Crippen molar-refractivity contribution >= 4 is 39.9 Å². The van der Waals surface area contributed by atoms with Crippen LogP contribution in [0.25, 0.3) is 33.8 Å². The van der Waals surface area contributed by atoms with Gasteiger partial charge >= 0.3 is 0 Å². The Morgan fingerprint density at radius 3 is 2.68 bits per heavy atom. The number of halogens is 3. The Morgan fingerprint density at radius 1 is 1.05 bits per heavy atom. The SMILES string of the molecule is O=C(N[C@H]1CCC[C@@H](n2c(-c3ccccc3F)nc3cnc(-c4cc(F)ccn4)cc32)C1)c1ncc(Cl)s1. The first-order valence-electron chi connectivity index (χ1n) is 12.1. The van der Waals surface area contributed by atoms with E-state index in [0.717, 1.165) is 36.1 Å². The van der Waals surface area contributed by atoms with Crippen LogP contribution in [0, 0.1) is 11.6 Å². The lowest BCUT2D eigenvalue weighted by Crippen LogP contribution is -2.39. The van der Waals surface area contributed by atoms with Crippen molar-refractivity contribution in [3.05, 3.63) is 82.0 Å². The number of pyridine rings is 2. The monoisotopic (exact) mass is 550 g/mol. The van der Waals surface area contributed by atoms with Crippen LogP contribution in [0.4, 0.5) is 8.78 Å². The van der Waals surface area contributed by atoms with Crippen LogP contribution < -0.4 is 5.32 Å². The minimum absolute atomic E-state index is 0.0794. The lowest BCUT2D eigenvalue weighted by atomic mass is 9.90. The van der Waals surface area contributed by atoms with Crippen molar-refractivity contribution in [1.82, 2.24) is 29.8 Å². The second-order valence-electron chi connectivity index (χ2n) is 9.16. The number of nitrogens with zero attached hydrogens (tertiary/aromatic N) is 5. The van der Waals surface area contributed by atoms with Gasteiger partial charge < -0.3 is 9.88 Å². The first-order valence-corrected chi connectivity index (χ1v) is 13.3. The van der Waals surface area contributed by atoms with Crippen LogP contribution in [0.1, 0.15) is 41.5 Å². The average molecular weight is 551 g/mol. The largest absolute Gasteiger partial charge is 0.347 e. The Balaban J connectivity index is 1.41. The Kier molecular flexibility index (Phi) is 6.59. The van der Waals surface area contributed by atoms with Gasteiger partial charge in [0.15, 0.2) is 5.01 Å². The molecule has 38 heavy (non-hydrogen) atoms. The molecule has 2 atom stereocenters. The standard InChI is InChI=1S/C27H21ClF2N6OS/c28-24-14-33-27(38-24)26(37)34-16-4-3-5-17(11-16)36-23-12-21(20-10-15(29)8-9-31-20)32-13-22(23)35-25(36)18-6-1-2-7-19(18)30/h1-2,6-10,12-14,16-17H,3-5,11H2,(H,34,37)/t16-,17+/m0/s1. The van der Waals surface area contributed by atoms with E-state index >= 15 is 0 Å². The summed E-state index contributed by atoms with van der Waals surface area (Å²) >= 11 is 7.08. The molecule has 0 aliphatic heterocycles. The highest BCUT2D eigenvalue weighted by Gasteiger charge is 2.29. The van der Waals surface area contributed by atoms with Gasteiger partial charge in [0.2, 0.25) is 0 Å². The molecule has 1 fully saturated rings. The molecular formula is C27H21ClF2N6OS. The average Bonchev–Trinajstić information content (AvgIpc) is 3.52. The number of fused-ring (bicyclic) bond motifs is 1. The maximum atomic E-state index is 15.0. The molecule has 11 heteroatoms. The minimum atomic E-state index is -0.412. The third-order valence-corrected chi connectivity index (χ3v) is 7.81. The molecule has 1 saturated carbocycles. The summed E-state index contributed by atoms with van der Waals surface area (Å²) in [6.45, 7) is 0. The summed E-state index contributed by atoms with van der Waals surface area (Å²) in [7, 11) is 0. The number of imidazole rings is 1. The number of carbonyl (C=O) groups excluding carboxylic acids is 1. The summed E-state index contributed by atoms with van der Waals surface area (Å²) in [6, 6.07) is 10.7. The topological polar surface area (TPSA) is 85.6 Å². The maximum Gasteiger partial charge on any atom is 0.280 e. The van der Waals surface area contributed by atoms with Crippen LogP contribution in [0.2, 0.25) is 4.34 Å². The van der Waals surface area contributed by atoms with Crippen LogP contribution in [0.15, 0.2) is 61.1 Å². The molecule has 0 bridgehead atoms. The second kappa shape index (κ2) is 10.2. The van der Waals surface area contributed by atoms with Crippen molar-refractivity contribution in [3.8, 4) is 22.8 Å². The maximum absolute atomic E-state index is 15.0. The highest BCUT2D eigenvalue weighted by molar-refractivity contribution is 7.17. The minimum Gasteiger partial charge on any atom is -0.347 e. The van der Waals surface area contributed by atoms with Crippen molar-refractivity contribution in [2.24, 2.45) is 0 Å². The van der Waals surface area contributed by atoms with Crippen molar-refractivity contribution < 1.29 is 13.6 Å². The number of carbonyl (C=O) groups is 1. The van der Waals surface area contributed by atoms with Crippen LogP contribution >= 0.6 is 22.9 Å². The molecule has 7 nitrogen and oxygen atoms in total. The summed E-state index contributed by atoms with van der Waals surface area (Å²) in [5.41, 5.74) is 2.58. The Bertz CT molecular complexity index is 1650. The van der Waals surface area contributed by atoms with Gasteiger partial charge in [-0.25, -0.2) is 18.7 Å². The number of aromatic nitrogens is 5. The normalized spacial score (nSPS) is 17.6. The van der Waals surface area contributed by atoms with E-state index in [2.05, 4.69) is 20.3 Å². The smallest absolute Gasteiger partial charge is 0.280 e. The third kappa shape index (κ3) is 4.77. The molecule has 4 aromatic heterocycles. The Labute approximate surface area is 225 Å². The molecule has 1 aliphatic rings. The predicted molar refractivity (Wildman–Crippen MR) is 142 cm³/mol. The summed E-state index contributed by atoms with van der Waals surface area (Å²) in [6.07, 6.45) is 7.56. The molecule has 1 aliphatic carbocycles. The van der Waals surface area contributed by atoms with E-state index in [1.165, 1.54) is 30.6 Å². The van der Waals surface area contributed by atoms with E-state index in [0.29, 0.717) is 44.1 Å². The van der Waals surface area contributed by atoms with Gasteiger partial charge in [-0.1, -0.05) is 35.1 Å². The van der Waals surface area contributed by atoms with Crippen molar-refractivity contribution in [2.45, 2.75) is 37.8 Å². The summed E-state index contributed by atoms with van der Waals surface area (Å²) in [5.74, 6) is -0.579. The van der Waals surface area contributed by atoms with E-state index in [1.54, 1.807) is 24.4 Å². The van der Waals surface area contributed by atoms with Gasteiger partial charge in [0.1, 0.15) is 27.3 Å². The molecule has 4 heterocycles. The molecule has 0 unspecified atom stereocenters. The molecule has 5 aromatic rings. The van der Waals surface area contributed by atoms with Crippen molar-refractivity contribution in [1.29, 1.82) is 0 Å².